The molecule has 0 aliphatic carbocycles. The number of nitrogens with one attached hydrogen (secondary N) is 2. The van der Waals surface area contributed by atoms with Crippen LogP contribution < -0.4 is 10.6 Å². The van der Waals surface area contributed by atoms with Gasteiger partial charge in [0.1, 0.15) is 0 Å². The van der Waals surface area contributed by atoms with Crippen molar-refractivity contribution in [1.82, 2.24) is 30.8 Å². The fourth-order valence-corrected chi connectivity index (χ4v) is 6.15. The van der Waals surface area contributed by atoms with E-state index in [0.29, 0.717) is 25.3 Å². The second-order valence-corrected chi connectivity index (χ2v) is 12.1. The average molecular weight is 637 g/mol. The first-order valence-corrected chi connectivity index (χ1v) is 16.1. The van der Waals surface area contributed by atoms with Crippen LogP contribution in [-0.4, -0.2) is 43.2 Å². The zero-order valence-electron chi connectivity index (χ0n) is 25.5. The van der Waals surface area contributed by atoms with Crippen molar-refractivity contribution in [2.24, 2.45) is 7.05 Å². The molecular formula is C35H36N6O4S. The molecule has 5 aromatic rings. The van der Waals surface area contributed by atoms with Gasteiger partial charge >= 0.3 is 6.03 Å². The number of aryl methyl sites for hydroxylation is 1. The van der Waals surface area contributed by atoms with Crippen LogP contribution >= 0.6 is 11.8 Å². The van der Waals surface area contributed by atoms with Gasteiger partial charge in [-0.25, -0.2) is 9.48 Å². The van der Waals surface area contributed by atoms with Crippen molar-refractivity contribution in [1.29, 1.82) is 0 Å². The number of urea groups is 1. The molecule has 3 atom stereocenters. The van der Waals surface area contributed by atoms with Gasteiger partial charge in [-0.05, 0) is 55.9 Å². The van der Waals surface area contributed by atoms with Crippen molar-refractivity contribution in [3.8, 4) is 11.1 Å². The molecule has 0 unspecified atom stereocenters. The number of nitrogens with zero attached hydrogens (tertiary/aromatic N) is 4. The molecule has 0 bridgehead atoms. The van der Waals surface area contributed by atoms with Gasteiger partial charge in [0, 0.05) is 37.9 Å². The second-order valence-electron chi connectivity index (χ2n) is 11.1. The summed E-state index contributed by atoms with van der Waals surface area (Å²) in [6.07, 6.45) is -0.228. The van der Waals surface area contributed by atoms with E-state index in [-0.39, 0.29) is 24.8 Å². The van der Waals surface area contributed by atoms with Crippen molar-refractivity contribution in [3.63, 3.8) is 0 Å². The molecule has 1 aromatic heterocycles. The van der Waals surface area contributed by atoms with Crippen molar-refractivity contribution >= 4 is 17.8 Å². The fourth-order valence-electron chi connectivity index (χ4n) is 5.28. The van der Waals surface area contributed by atoms with E-state index in [2.05, 4.69) is 50.4 Å². The molecule has 2 heterocycles. The van der Waals surface area contributed by atoms with E-state index in [9.17, 15) is 9.90 Å². The van der Waals surface area contributed by atoms with Crippen LogP contribution in [0, 0.1) is 0 Å². The van der Waals surface area contributed by atoms with Crippen LogP contribution in [0.4, 0.5) is 4.79 Å². The minimum atomic E-state index is -0.586. The zero-order valence-corrected chi connectivity index (χ0v) is 26.3. The Labute approximate surface area is 272 Å². The first-order chi connectivity index (χ1) is 22.5. The van der Waals surface area contributed by atoms with E-state index in [1.54, 1.807) is 16.4 Å². The van der Waals surface area contributed by atoms with Crippen LogP contribution in [-0.2, 0) is 36.2 Å². The van der Waals surface area contributed by atoms with Gasteiger partial charge < -0.3 is 25.2 Å². The number of hydrogen-bond acceptors (Lipinski definition) is 8. The number of benzene rings is 4. The summed E-state index contributed by atoms with van der Waals surface area (Å²) in [7, 11) is 1.82. The number of hydrogen-bond donors (Lipinski definition) is 3. The van der Waals surface area contributed by atoms with Crippen LogP contribution in [0.25, 0.3) is 11.1 Å². The molecule has 0 spiro atoms. The molecule has 0 saturated carbocycles. The smallest absolute Gasteiger partial charge is 0.315 e. The lowest BCUT2D eigenvalue weighted by molar-refractivity contribution is -0.245. The van der Waals surface area contributed by atoms with Crippen molar-refractivity contribution in [2.75, 3.05) is 5.75 Å². The van der Waals surface area contributed by atoms with Gasteiger partial charge in [-0.2, -0.15) is 0 Å². The summed E-state index contributed by atoms with van der Waals surface area (Å²) in [5.41, 5.74) is 6.88. The Kier molecular flexibility index (Phi) is 10.4. The lowest BCUT2D eigenvalue weighted by atomic mass is 9.99. The molecule has 2 amide bonds. The van der Waals surface area contributed by atoms with E-state index in [1.165, 1.54) is 0 Å². The monoisotopic (exact) mass is 636 g/mol. The van der Waals surface area contributed by atoms with E-state index in [4.69, 9.17) is 9.47 Å². The average Bonchev–Trinajstić information content (AvgIpc) is 3.53. The van der Waals surface area contributed by atoms with E-state index >= 15 is 0 Å². The summed E-state index contributed by atoms with van der Waals surface area (Å²) in [6.45, 7) is 0.866. The minimum absolute atomic E-state index is 0.00590. The number of carbonyl (C=O) groups is 1. The van der Waals surface area contributed by atoms with Crippen LogP contribution in [0.2, 0.25) is 0 Å². The third-order valence-electron chi connectivity index (χ3n) is 7.76. The SMILES string of the molecule is Cn1nnnc1SC[C@H]1C[C@@H](c2ccc(CO)cc2)O[C@@H](c2cccc(-c3cccc(CNC(=O)NCc4ccccc4)c3)c2)O1. The summed E-state index contributed by atoms with van der Waals surface area (Å²) in [4.78, 5) is 12.4. The van der Waals surface area contributed by atoms with Gasteiger partial charge in [-0.3, -0.25) is 0 Å². The predicted molar refractivity (Wildman–Crippen MR) is 175 cm³/mol. The maximum Gasteiger partial charge on any atom is 0.315 e. The summed E-state index contributed by atoms with van der Waals surface area (Å²) in [5, 5.41) is 27.9. The zero-order chi connectivity index (χ0) is 31.7. The number of thioether (sulfide) groups is 1. The molecule has 11 heteroatoms. The number of tetrazole rings is 1. The highest BCUT2D eigenvalue weighted by molar-refractivity contribution is 7.99. The molecule has 236 valence electrons. The highest BCUT2D eigenvalue weighted by atomic mass is 32.2. The van der Waals surface area contributed by atoms with Gasteiger partial charge in [0.2, 0.25) is 5.16 Å². The van der Waals surface area contributed by atoms with Crippen molar-refractivity contribution in [3.05, 3.63) is 131 Å². The van der Waals surface area contributed by atoms with Crippen LogP contribution in [0.1, 0.15) is 46.6 Å². The highest BCUT2D eigenvalue weighted by Crippen LogP contribution is 2.40. The van der Waals surface area contributed by atoms with Gasteiger partial charge in [-0.15, -0.1) is 5.10 Å². The molecule has 1 aliphatic heterocycles. The molecule has 1 aliphatic rings. The van der Waals surface area contributed by atoms with Gasteiger partial charge in [-0.1, -0.05) is 103 Å². The molecular weight excluding hydrogens is 600 g/mol. The van der Waals surface area contributed by atoms with Crippen LogP contribution in [0.3, 0.4) is 0 Å². The number of ether oxygens (including phenoxy) is 2. The molecule has 10 nitrogen and oxygen atoms in total. The van der Waals surface area contributed by atoms with Gasteiger partial charge in [0.05, 0.1) is 18.8 Å². The number of carbonyl (C=O) groups excluding carboxylic acids is 1. The summed E-state index contributed by atoms with van der Waals surface area (Å²) >= 11 is 1.55. The first kappa shape index (κ1) is 31.4. The lowest BCUT2D eigenvalue weighted by Gasteiger charge is -2.36. The molecule has 1 fully saturated rings. The number of rotatable bonds is 11. The normalized spacial score (nSPS) is 17.8. The number of amides is 2. The molecule has 1 saturated heterocycles. The maximum absolute atomic E-state index is 12.4. The molecule has 4 aromatic carbocycles. The fraction of sp³-hybridized carbons (Fsp3) is 0.257. The first-order valence-electron chi connectivity index (χ1n) is 15.1. The Bertz CT molecular complexity index is 1730. The lowest BCUT2D eigenvalue weighted by Crippen LogP contribution is -2.34. The van der Waals surface area contributed by atoms with E-state index in [1.807, 2.05) is 85.9 Å². The van der Waals surface area contributed by atoms with Gasteiger partial charge in [0.15, 0.2) is 6.29 Å². The van der Waals surface area contributed by atoms with Crippen molar-refractivity contribution in [2.45, 2.75) is 49.8 Å². The topological polar surface area (TPSA) is 123 Å². The quantitative estimate of drug-likeness (QED) is 0.158. The molecule has 0 radical (unpaired) electrons. The number of aliphatic hydroxyl groups is 1. The Morgan fingerprint density at radius 1 is 0.848 bits per heavy atom. The summed E-state index contributed by atoms with van der Waals surface area (Å²) in [6, 6.07) is 33.8. The largest absolute Gasteiger partial charge is 0.392 e. The second kappa shape index (κ2) is 15.2. The molecule has 3 N–H and O–H groups in total. The Morgan fingerprint density at radius 3 is 2.30 bits per heavy atom. The third kappa shape index (κ3) is 8.18. The molecule has 6 rings (SSSR count). The maximum atomic E-state index is 12.4. The van der Waals surface area contributed by atoms with Crippen molar-refractivity contribution < 1.29 is 19.4 Å². The Morgan fingerprint density at radius 2 is 1.57 bits per heavy atom. The van der Waals surface area contributed by atoms with E-state index in [0.717, 1.165) is 44.1 Å². The Balaban J connectivity index is 1.15. The summed E-state index contributed by atoms with van der Waals surface area (Å²) in [5.74, 6) is 0.660. The highest BCUT2D eigenvalue weighted by Gasteiger charge is 2.32. The number of aromatic nitrogens is 4. The minimum Gasteiger partial charge on any atom is -0.392 e. The Hall–Kier alpha value is -4.55. The van der Waals surface area contributed by atoms with E-state index < -0.39 is 6.29 Å². The standard InChI is InChI=1S/C35H36N6O4S/c1-41-35(38-39-40-41)46-23-31-19-32(27-15-13-25(22-42)14-16-27)45-33(44-31)30-12-6-11-29(18-30)28-10-5-9-26(17-28)21-37-34(43)36-20-24-7-3-2-4-8-24/h2-18,31-33,42H,19-23H2,1H3,(H2,36,37,43)/t31-,32+,33+/m1/s1. The third-order valence-corrected chi connectivity index (χ3v) is 8.91. The van der Waals surface area contributed by atoms with Crippen LogP contribution in [0.5, 0.6) is 0 Å². The van der Waals surface area contributed by atoms with Crippen LogP contribution in [0.15, 0.2) is 108 Å². The number of aliphatic hydroxyl groups excluding tert-OH is 1. The predicted octanol–water partition coefficient (Wildman–Crippen LogP) is 5.71. The molecule has 46 heavy (non-hydrogen) atoms. The van der Waals surface area contributed by atoms with Gasteiger partial charge in [0.25, 0.3) is 0 Å². The summed E-state index contributed by atoms with van der Waals surface area (Å²) < 4.78 is 14.7.